The van der Waals surface area contributed by atoms with Crippen molar-refractivity contribution in [2.45, 2.75) is 25.7 Å². The highest BCUT2D eigenvalue weighted by molar-refractivity contribution is 5.63. The molecule has 0 atom stereocenters. The molecule has 0 spiro atoms. The fourth-order valence-electron chi connectivity index (χ4n) is 2.54. The summed E-state index contributed by atoms with van der Waals surface area (Å²) in [6.45, 7) is 3.76. The van der Waals surface area contributed by atoms with Crippen LogP contribution in [0.1, 0.15) is 30.2 Å². The zero-order valence-electron chi connectivity index (χ0n) is 11.7. The van der Waals surface area contributed by atoms with Crippen LogP contribution in [-0.2, 0) is 0 Å². The number of nitro groups is 1. The molecule has 1 aromatic carbocycles. The fraction of sp³-hybridized carbons (Fsp3) is 0.429. The van der Waals surface area contributed by atoms with E-state index in [0.29, 0.717) is 17.3 Å². The summed E-state index contributed by atoms with van der Waals surface area (Å²) >= 11 is 0. The second kappa shape index (κ2) is 5.61. The van der Waals surface area contributed by atoms with Gasteiger partial charge in [-0.2, -0.15) is 4.98 Å². The zero-order valence-corrected chi connectivity index (χ0v) is 11.7. The lowest BCUT2D eigenvalue weighted by atomic mass is 9.98. The molecule has 0 unspecified atom stereocenters. The molecule has 0 amide bonds. The van der Waals surface area contributed by atoms with Crippen LogP contribution in [-0.4, -0.2) is 28.2 Å². The molecule has 21 heavy (non-hydrogen) atoms. The standard InChI is InChI=1S/C14H16N4O3/c1-9-2-3-11(18(19)20)8-12(9)13-16-14(21-17-13)10-4-6-15-7-5-10/h2-3,8,10,15H,4-7H2,1H3. The summed E-state index contributed by atoms with van der Waals surface area (Å²) in [5.41, 5.74) is 1.57. The van der Waals surface area contributed by atoms with E-state index in [9.17, 15) is 10.1 Å². The van der Waals surface area contributed by atoms with E-state index < -0.39 is 4.92 Å². The average molecular weight is 288 g/mol. The van der Waals surface area contributed by atoms with Gasteiger partial charge < -0.3 is 9.84 Å². The van der Waals surface area contributed by atoms with Crippen molar-refractivity contribution in [3.63, 3.8) is 0 Å². The van der Waals surface area contributed by atoms with Crippen molar-refractivity contribution in [3.8, 4) is 11.4 Å². The van der Waals surface area contributed by atoms with Crippen LogP contribution >= 0.6 is 0 Å². The molecule has 1 aromatic heterocycles. The SMILES string of the molecule is Cc1ccc([N+](=O)[O-])cc1-c1noc(C2CCNCC2)n1. The maximum atomic E-state index is 10.9. The minimum atomic E-state index is -0.420. The number of aromatic nitrogens is 2. The molecule has 0 saturated carbocycles. The maximum Gasteiger partial charge on any atom is 0.270 e. The molecule has 1 N–H and O–H groups in total. The first-order valence-electron chi connectivity index (χ1n) is 6.95. The van der Waals surface area contributed by atoms with E-state index in [4.69, 9.17) is 4.52 Å². The molecule has 2 aromatic rings. The van der Waals surface area contributed by atoms with Crippen molar-refractivity contribution >= 4 is 5.69 Å². The molecule has 0 aliphatic carbocycles. The van der Waals surface area contributed by atoms with Gasteiger partial charge in [-0.25, -0.2) is 0 Å². The molecule has 1 aliphatic heterocycles. The predicted molar refractivity (Wildman–Crippen MR) is 76.0 cm³/mol. The third-order valence-electron chi connectivity index (χ3n) is 3.80. The van der Waals surface area contributed by atoms with Crippen molar-refractivity contribution in [3.05, 3.63) is 39.8 Å². The summed E-state index contributed by atoms with van der Waals surface area (Å²) in [6, 6.07) is 4.67. The first kappa shape index (κ1) is 13.7. The lowest BCUT2D eigenvalue weighted by molar-refractivity contribution is -0.384. The van der Waals surface area contributed by atoms with Crippen LogP contribution in [0.5, 0.6) is 0 Å². The van der Waals surface area contributed by atoms with Crippen LogP contribution in [0.3, 0.4) is 0 Å². The molecule has 2 heterocycles. The van der Waals surface area contributed by atoms with E-state index in [-0.39, 0.29) is 11.6 Å². The van der Waals surface area contributed by atoms with Crippen LogP contribution in [0, 0.1) is 17.0 Å². The Labute approximate surface area is 121 Å². The van der Waals surface area contributed by atoms with Gasteiger partial charge in [0.05, 0.1) is 4.92 Å². The Kier molecular flexibility index (Phi) is 3.66. The minimum absolute atomic E-state index is 0.0313. The van der Waals surface area contributed by atoms with E-state index in [1.165, 1.54) is 12.1 Å². The molecule has 1 aliphatic rings. The van der Waals surface area contributed by atoms with Gasteiger partial charge in [-0.3, -0.25) is 10.1 Å². The Morgan fingerprint density at radius 2 is 2.14 bits per heavy atom. The van der Waals surface area contributed by atoms with Crippen molar-refractivity contribution in [2.24, 2.45) is 0 Å². The summed E-state index contributed by atoms with van der Waals surface area (Å²) < 4.78 is 5.36. The quantitative estimate of drug-likeness (QED) is 0.688. The number of aryl methyl sites for hydroxylation is 1. The Hall–Kier alpha value is -2.28. The van der Waals surface area contributed by atoms with Crippen molar-refractivity contribution in [1.82, 2.24) is 15.5 Å². The number of benzene rings is 1. The van der Waals surface area contributed by atoms with Crippen LogP contribution < -0.4 is 5.32 Å². The molecule has 0 radical (unpaired) electrons. The molecule has 0 bridgehead atoms. The number of nitrogens with zero attached hydrogens (tertiary/aromatic N) is 3. The van der Waals surface area contributed by atoms with Gasteiger partial charge >= 0.3 is 0 Å². The van der Waals surface area contributed by atoms with Gasteiger partial charge in [-0.1, -0.05) is 11.2 Å². The monoisotopic (exact) mass is 288 g/mol. The second-order valence-electron chi connectivity index (χ2n) is 5.24. The first-order chi connectivity index (χ1) is 10.1. The van der Waals surface area contributed by atoms with E-state index in [1.807, 2.05) is 6.92 Å². The van der Waals surface area contributed by atoms with Crippen molar-refractivity contribution in [1.29, 1.82) is 0 Å². The van der Waals surface area contributed by atoms with Gasteiger partial charge in [0.2, 0.25) is 11.7 Å². The van der Waals surface area contributed by atoms with Crippen LogP contribution in [0.4, 0.5) is 5.69 Å². The number of rotatable bonds is 3. The van der Waals surface area contributed by atoms with Gasteiger partial charge in [-0.05, 0) is 38.4 Å². The largest absolute Gasteiger partial charge is 0.339 e. The van der Waals surface area contributed by atoms with E-state index in [2.05, 4.69) is 15.5 Å². The number of hydrogen-bond donors (Lipinski definition) is 1. The Balaban J connectivity index is 1.92. The zero-order chi connectivity index (χ0) is 14.8. The first-order valence-corrected chi connectivity index (χ1v) is 6.95. The van der Waals surface area contributed by atoms with Crippen molar-refractivity contribution < 1.29 is 9.45 Å². The van der Waals surface area contributed by atoms with Gasteiger partial charge in [0.15, 0.2) is 0 Å². The molecule has 1 fully saturated rings. The highest BCUT2D eigenvalue weighted by Gasteiger charge is 2.22. The van der Waals surface area contributed by atoms with Crippen LogP contribution in [0.15, 0.2) is 22.7 Å². The third-order valence-corrected chi connectivity index (χ3v) is 3.80. The normalized spacial score (nSPS) is 16.0. The Morgan fingerprint density at radius 3 is 2.86 bits per heavy atom. The van der Waals surface area contributed by atoms with Crippen LogP contribution in [0.25, 0.3) is 11.4 Å². The molecule has 7 heteroatoms. The smallest absolute Gasteiger partial charge is 0.270 e. The Morgan fingerprint density at radius 1 is 1.38 bits per heavy atom. The highest BCUT2D eigenvalue weighted by Crippen LogP contribution is 2.29. The molecule has 1 saturated heterocycles. The van der Waals surface area contributed by atoms with Crippen LogP contribution in [0.2, 0.25) is 0 Å². The van der Waals surface area contributed by atoms with E-state index >= 15 is 0 Å². The van der Waals surface area contributed by atoms with Gasteiger partial charge in [0, 0.05) is 23.6 Å². The average Bonchev–Trinajstić information content (AvgIpc) is 2.98. The van der Waals surface area contributed by atoms with E-state index in [1.54, 1.807) is 6.07 Å². The molecule has 110 valence electrons. The number of nitro benzene ring substituents is 1. The van der Waals surface area contributed by atoms with Crippen molar-refractivity contribution in [2.75, 3.05) is 13.1 Å². The molecule has 7 nitrogen and oxygen atoms in total. The molecular formula is C14H16N4O3. The lowest BCUT2D eigenvalue weighted by Crippen LogP contribution is -2.26. The number of non-ortho nitro benzene ring substituents is 1. The number of piperidine rings is 1. The van der Waals surface area contributed by atoms with Gasteiger partial charge in [0.25, 0.3) is 5.69 Å². The summed E-state index contributed by atoms with van der Waals surface area (Å²) in [5, 5.41) is 18.2. The van der Waals surface area contributed by atoms with E-state index in [0.717, 1.165) is 31.5 Å². The second-order valence-corrected chi connectivity index (χ2v) is 5.24. The summed E-state index contributed by atoms with van der Waals surface area (Å²) in [7, 11) is 0. The topological polar surface area (TPSA) is 94.1 Å². The summed E-state index contributed by atoms with van der Waals surface area (Å²) in [5.74, 6) is 1.31. The number of hydrogen-bond acceptors (Lipinski definition) is 6. The lowest BCUT2D eigenvalue weighted by Gasteiger charge is -2.18. The highest BCUT2D eigenvalue weighted by atomic mass is 16.6. The maximum absolute atomic E-state index is 10.9. The third kappa shape index (κ3) is 2.78. The molecule has 3 rings (SSSR count). The summed E-state index contributed by atoms with van der Waals surface area (Å²) in [4.78, 5) is 14.9. The predicted octanol–water partition coefficient (Wildman–Crippen LogP) is 2.42. The van der Waals surface area contributed by atoms with Gasteiger partial charge in [-0.15, -0.1) is 0 Å². The fourth-order valence-corrected chi connectivity index (χ4v) is 2.54. The van der Waals surface area contributed by atoms with Gasteiger partial charge in [0.1, 0.15) is 0 Å². The summed E-state index contributed by atoms with van der Waals surface area (Å²) in [6.07, 6.45) is 1.94. The minimum Gasteiger partial charge on any atom is -0.339 e. The number of nitrogens with one attached hydrogen (secondary N) is 1. The Bertz CT molecular complexity index is 662. The molecular weight excluding hydrogens is 272 g/mol.